The minimum atomic E-state index is -1.03. The Balaban J connectivity index is 1.55. The minimum absolute atomic E-state index is 0.0301. The molecule has 2 heterocycles. The Morgan fingerprint density at radius 1 is 1.26 bits per heavy atom. The zero-order valence-electron chi connectivity index (χ0n) is 19.6. The molecule has 34 heavy (non-hydrogen) atoms. The number of aliphatic carboxylic acids is 2. The summed E-state index contributed by atoms with van der Waals surface area (Å²) < 4.78 is 5.84. The molecule has 0 aromatic heterocycles. The fourth-order valence-corrected chi connectivity index (χ4v) is 4.26. The van der Waals surface area contributed by atoms with E-state index >= 15 is 0 Å². The topological polar surface area (TPSA) is 133 Å². The van der Waals surface area contributed by atoms with Crippen molar-refractivity contribution in [1.29, 1.82) is 0 Å². The summed E-state index contributed by atoms with van der Waals surface area (Å²) in [5, 5.41) is 26.6. The summed E-state index contributed by atoms with van der Waals surface area (Å²) in [6.07, 6.45) is 5.96. The number of piperidine rings is 1. The number of rotatable bonds is 13. The lowest BCUT2D eigenvalue weighted by Crippen LogP contribution is -2.49. The molecule has 0 aliphatic carbocycles. The van der Waals surface area contributed by atoms with E-state index in [0.717, 1.165) is 36.2 Å². The van der Waals surface area contributed by atoms with Gasteiger partial charge in [-0.05, 0) is 30.4 Å². The number of nitrogens with one attached hydrogen (secondary N) is 1. The molecule has 1 fully saturated rings. The number of carbonyl (C=O) groups is 2. The standard InChI is InChI=1S/C24H34N4O6/c1-2-3-10-25-26-15-18-4-6-19(7-5-18)21-13-20(34-27-21)14-24(33-17-23(31)32)8-11-28(12-9-24)16-22(29)30/h4-7,15,20,25H,2-3,8-14,16-17H2,1H3,(H,29,30)(H,31,32). The summed E-state index contributed by atoms with van der Waals surface area (Å²) in [5.74, 6) is -1.90. The number of nitrogens with zero attached hydrogens (tertiary/aromatic N) is 3. The van der Waals surface area contributed by atoms with Crippen molar-refractivity contribution in [3.63, 3.8) is 0 Å². The highest BCUT2D eigenvalue weighted by Gasteiger charge is 2.40. The van der Waals surface area contributed by atoms with E-state index in [1.807, 2.05) is 29.2 Å². The van der Waals surface area contributed by atoms with Crippen LogP contribution in [0.1, 0.15) is 56.6 Å². The van der Waals surface area contributed by atoms with Crippen LogP contribution in [0.5, 0.6) is 0 Å². The van der Waals surface area contributed by atoms with Gasteiger partial charge in [0.25, 0.3) is 0 Å². The number of unbranched alkanes of at least 4 members (excludes halogenated alkanes) is 1. The molecule has 0 spiro atoms. The van der Waals surface area contributed by atoms with E-state index in [2.05, 4.69) is 22.6 Å². The lowest BCUT2D eigenvalue weighted by molar-refractivity contribution is -0.159. The van der Waals surface area contributed by atoms with Crippen molar-refractivity contribution in [3.8, 4) is 0 Å². The van der Waals surface area contributed by atoms with Crippen LogP contribution in [0.3, 0.4) is 0 Å². The van der Waals surface area contributed by atoms with Gasteiger partial charge in [0.1, 0.15) is 12.7 Å². The number of ether oxygens (including phenoxy) is 1. The molecule has 1 atom stereocenters. The fourth-order valence-electron chi connectivity index (χ4n) is 4.26. The third-order valence-corrected chi connectivity index (χ3v) is 6.15. The van der Waals surface area contributed by atoms with Gasteiger partial charge < -0.3 is 25.2 Å². The van der Waals surface area contributed by atoms with Crippen molar-refractivity contribution in [2.45, 2.75) is 57.2 Å². The number of hydrogen-bond donors (Lipinski definition) is 3. The van der Waals surface area contributed by atoms with Crippen LogP contribution < -0.4 is 5.43 Å². The largest absolute Gasteiger partial charge is 0.480 e. The van der Waals surface area contributed by atoms with Crippen molar-refractivity contribution in [3.05, 3.63) is 35.4 Å². The Bertz CT molecular complexity index is 878. The molecule has 1 aromatic rings. The second-order valence-electron chi connectivity index (χ2n) is 8.85. The number of carboxylic acid groups (broad SMARTS) is 2. The van der Waals surface area contributed by atoms with E-state index < -0.39 is 24.1 Å². The maximum atomic E-state index is 11.1. The molecule has 10 nitrogen and oxygen atoms in total. The fraction of sp³-hybridized carbons (Fsp3) is 0.583. The Hall–Kier alpha value is -2.98. The van der Waals surface area contributed by atoms with Crippen LogP contribution in [0.2, 0.25) is 0 Å². The molecular formula is C24H34N4O6. The smallest absolute Gasteiger partial charge is 0.329 e. The molecule has 0 bridgehead atoms. The van der Waals surface area contributed by atoms with E-state index in [9.17, 15) is 9.59 Å². The zero-order chi connectivity index (χ0) is 24.4. The third-order valence-electron chi connectivity index (χ3n) is 6.15. The Kier molecular flexibility index (Phi) is 9.41. The van der Waals surface area contributed by atoms with E-state index in [-0.39, 0.29) is 12.6 Å². The average molecular weight is 475 g/mol. The van der Waals surface area contributed by atoms with Gasteiger partial charge in [0.2, 0.25) is 0 Å². The molecule has 10 heteroatoms. The highest BCUT2D eigenvalue weighted by Crippen LogP contribution is 2.34. The summed E-state index contributed by atoms with van der Waals surface area (Å²) in [6, 6.07) is 7.93. The van der Waals surface area contributed by atoms with Crippen LogP contribution in [0.25, 0.3) is 0 Å². The lowest BCUT2D eigenvalue weighted by Gasteiger charge is -2.41. The summed E-state index contributed by atoms with van der Waals surface area (Å²) >= 11 is 0. The van der Waals surface area contributed by atoms with Crippen LogP contribution in [0.4, 0.5) is 0 Å². The third kappa shape index (κ3) is 7.81. The van der Waals surface area contributed by atoms with Gasteiger partial charge in [0.15, 0.2) is 0 Å². The van der Waals surface area contributed by atoms with Crippen LogP contribution >= 0.6 is 0 Å². The molecule has 0 radical (unpaired) electrons. The van der Waals surface area contributed by atoms with E-state index in [1.54, 1.807) is 6.21 Å². The first kappa shape index (κ1) is 25.6. The molecule has 186 valence electrons. The molecule has 3 N–H and O–H groups in total. The van der Waals surface area contributed by atoms with Crippen molar-refractivity contribution < 1.29 is 29.4 Å². The molecular weight excluding hydrogens is 440 g/mol. The maximum Gasteiger partial charge on any atom is 0.329 e. The van der Waals surface area contributed by atoms with Gasteiger partial charge >= 0.3 is 11.9 Å². The number of hydrazone groups is 1. The molecule has 3 rings (SSSR count). The highest BCUT2D eigenvalue weighted by molar-refractivity contribution is 6.01. The van der Waals surface area contributed by atoms with Crippen molar-refractivity contribution in [2.75, 3.05) is 32.8 Å². The monoisotopic (exact) mass is 474 g/mol. The van der Waals surface area contributed by atoms with Crippen molar-refractivity contribution >= 4 is 23.9 Å². The predicted molar refractivity (Wildman–Crippen MR) is 127 cm³/mol. The average Bonchev–Trinajstić information content (AvgIpc) is 3.27. The van der Waals surface area contributed by atoms with Gasteiger partial charge in [0.05, 0.1) is 24.1 Å². The Morgan fingerprint density at radius 2 is 2.00 bits per heavy atom. The molecule has 2 aliphatic rings. The molecule has 1 aromatic carbocycles. The zero-order valence-corrected chi connectivity index (χ0v) is 19.6. The van der Waals surface area contributed by atoms with Crippen molar-refractivity contribution in [1.82, 2.24) is 10.3 Å². The maximum absolute atomic E-state index is 11.1. The van der Waals surface area contributed by atoms with Crippen molar-refractivity contribution in [2.24, 2.45) is 10.3 Å². The number of hydrogen-bond acceptors (Lipinski definition) is 8. The SMILES string of the molecule is CCCCNN=Cc1ccc(C2=NOC(CC3(OCC(=O)O)CCN(CC(=O)O)CC3)C2)cc1. The highest BCUT2D eigenvalue weighted by atomic mass is 16.6. The number of carboxylic acids is 2. The van der Waals surface area contributed by atoms with Gasteiger partial charge in [-0.15, -0.1) is 0 Å². The summed E-state index contributed by atoms with van der Waals surface area (Å²) in [4.78, 5) is 29.7. The second kappa shape index (κ2) is 12.5. The van der Waals surface area contributed by atoms with Crippen LogP contribution in [0.15, 0.2) is 34.5 Å². The van der Waals surface area contributed by atoms with Gasteiger partial charge in [-0.1, -0.05) is 42.8 Å². The van der Waals surface area contributed by atoms with Gasteiger partial charge in [-0.2, -0.15) is 5.10 Å². The first-order valence-corrected chi connectivity index (χ1v) is 11.8. The van der Waals surface area contributed by atoms with E-state index in [1.165, 1.54) is 0 Å². The van der Waals surface area contributed by atoms with E-state index in [0.29, 0.717) is 38.8 Å². The molecule has 2 aliphatic heterocycles. The van der Waals surface area contributed by atoms with Gasteiger partial charge in [-0.3, -0.25) is 9.69 Å². The molecule has 0 saturated carbocycles. The number of benzene rings is 1. The van der Waals surface area contributed by atoms with Gasteiger partial charge in [-0.25, -0.2) is 4.79 Å². The summed E-state index contributed by atoms with van der Waals surface area (Å²) in [6.45, 7) is 3.63. The first-order valence-electron chi connectivity index (χ1n) is 11.8. The summed E-state index contributed by atoms with van der Waals surface area (Å²) in [5.41, 5.74) is 5.15. The molecule has 1 saturated heterocycles. The quantitative estimate of drug-likeness (QED) is 0.225. The summed E-state index contributed by atoms with van der Waals surface area (Å²) in [7, 11) is 0. The first-order chi connectivity index (χ1) is 16.4. The Labute approximate surface area is 199 Å². The van der Waals surface area contributed by atoms with Crippen LogP contribution in [-0.4, -0.2) is 83.5 Å². The normalized spacial score (nSPS) is 20.1. The predicted octanol–water partition coefficient (Wildman–Crippen LogP) is 2.31. The van der Waals surface area contributed by atoms with Crippen LogP contribution in [-0.2, 0) is 19.2 Å². The number of likely N-dealkylation sites (tertiary alicyclic amines) is 1. The Morgan fingerprint density at radius 3 is 2.65 bits per heavy atom. The van der Waals surface area contributed by atoms with Crippen LogP contribution in [0, 0.1) is 0 Å². The minimum Gasteiger partial charge on any atom is -0.480 e. The van der Waals surface area contributed by atoms with Gasteiger partial charge in [0, 0.05) is 32.5 Å². The van der Waals surface area contributed by atoms with E-state index in [4.69, 9.17) is 19.8 Å². The number of oxime groups is 1. The lowest BCUT2D eigenvalue weighted by atomic mass is 9.84. The molecule has 0 amide bonds. The second-order valence-corrected chi connectivity index (χ2v) is 8.85. The molecule has 1 unspecified atom stereocenters.